The Bertz CT molecular complexity index is 466. The van der Waals surface area contributed by atoms with Crippen LogP contribution in [0.5, 0.6) is 0 Å². The van der Waals surface area contributed by atoms with Crippen molar-refractivity contribution in [3.63, 3.8) is 0 Å². The number of halogens is 1. The van der Waals surface area contributed by atoms with Gasteiger partial charge in [0.05, 0.1) is 12.7 Å². The minimum atomic E-state index is -0.166. The van der Waals surface area contributed by atoms with Crippen LogP contribution in [0.4, 0.5) is 4.39 Å². The van der Waals surface area contributed by atoms with Crippen LogP contribution in [-0.2, 0) is 11.3 Å². The van der Waals surface area contributed by atoms with Crippen LogP contribution in [-0.4, -0.2) is 43.3 Å². The molecule has 20 heavy (non-hydrogen) atoms. The first kappa shape index (κ1) is 14.0. The second-order valence-corrected chi connectivity index (χ2v) is 5.95. The Hall–Kier alpha value is -0.970. The van der Waals surface area contributed by atoms with Crippen molar-refractivity contribution in [1.29, 1.82) is 0 Å². The molecule has 0 spiro atoms. The summed E-state index contributed by atoms with van der Waals surface area (Å²) < 4.78 is 19.1. The standard InChI is InChI=1S/C16H23FN2O/c1-12-4-5-14(17)7-13(12)8-18-9-16-10-19-6-2-3-15(19)11-20-16/h4-5,7,15-16,18H,2-3,6,8-11H2,1H3. The van der Waals surface area contributed by atoms with Crippen LogP contribution in [0, 0.1) is 12.7 Å². The lowest BCUT2D eigenvalue weighted by atomic mass is 10.1. The fourth-order valence-electron chi connectivity index (χ4n) is 3.21. The van der Waals surface area contributed by atoms with E-state index in [1.807, 2.05) is 13.0 Å². The molecule has 0 aromatic heterocycles. The van der Waals surface area contributed by atoms with Crippen LogP contribution in [0.2, 0.25) is 0 Å². The number of hydrogen-bond donors (Lipinski definition) is 1. The molecule has 1 aromatic rings. The Morgan fingerprint density at radius 2 is 2.35 bits per heavy atom. The van der Waals surface area contributed by atoms with Crippen LogP contribution in [0.3, 0.4) is 0 Å². The van der Waals surface area contributed by atoms with Crippen LogP contribution >= 0.6 is 0 Å². The molecule has 4 heteroatoms. The van der Waals surface area contributed by atoms with Gasteiger partial charge < -0.3 is 10.1 Å². The van der Waals surface area contributed by atoms with Crippen molar-refractivity contribution in [3.8, 4) is 0 Å². The van der Waals surface area contributed by atoms with E-state index in [4.69, 9.17) is 4.74 Å². The van der Waals surface area contributed by atoms with E-state index in [1.165, 1.54) is 25.5 Å². The number of benzene rings is 1. The monoisotopic (exact) mass is 278 g/mol. The third kappa shape index (κ3) is 3.19. The number of ether oxygens (including phenoxy) is 1. The molecule has 110 valence electrons. The third-order valence-corrected chi connectivity index (χ3v) is 4.46. The summed E-state index contributed by atoms with van der Waals surface area (Å²) in [6.45, 7) is 6.66. The Balaban J connectivity index is 1.47. The lowest BCUT2D eigenvalue weighted by Gasteiger charge is -2.35. The number of nitrogens with one attached hydrogen (secondary N) is 1. The van der Waals surface area contributed by atoms with Gasteiger partial charge in [0.1, 0.15) is 5.82 Å². The molecule has 0 radical (unpaired) electrons. The number of morpholine rings is 1. The van der Waals surface area contributed by atoms with Crippen molar-refractivity contribution in [2.24, 2.45) is 0 Å². The van der Waals surface area contributed by atoms with E-state index in [1.54, 1.807) is 6.07 Å². The number of aryl methyl sites for hydroxylation is 1. The van der Waals surface area contributed by atoms with Crippen molar-refractivity contribution in [1.82, 2.24) is 10.2 Å². The highest BCUT2D eigenvalue weighted by Gasteiger charge is 2.31. The maximum absolute atomic E-state index is 13.2. The Morgan fingerprint density at radius 3 is 3.25 bits per heavy atom. The maximum atomic E-state index is 13.2. The smallest absolute Gasteiger partial charge is 0.123 e. The van der Waals surface area contributed by atoms with Gasteiger partial charge in [-0.2, -0.15) is 0 Å². The van der Waals surface area contributed by atoms with Gasteiger partial charge in [-0.1, -0.05) is 6.07 Å². The Morgan fingerprint density at radius 1 is 1.45 bits per heavy atom. The second kappa shape index (κ2) is 6.20. The zero-order valence-electron chi connectivity index (χ0n) is 12.1. The van der Waals surface area contributed by atoms with Gasteiger partial charge in [-0.25, -0.2) is 4.39 Å². The first-order valence-electron chi connectivity index (χ1n) is 7.54. The highest BCUT2D eigenvalue weighted by atomic mass is 19.1. The van der Waals surface area contributed by atoms with Gasteiger partial charge in [0, 0.05) is 25.7 Å². The average molecular weight is 278 g/mol. The summed E-state index contributed by atoms with van der Waals surface area (Å²) in [6.07, 6.45) is 2.84. The molecule has 2 saturated heterocycles. The molecule has 2 atom stereocenters. The summed E-state index contributed by atoms with van der Waals surface area (Å²) in [6, 6.07) is 5.60. The predicted molar refractivity (Wildman–Crippen MR) is 77.2 cm³/mol. The quantitative estimate of drug-likeness (QED) is 0.912. The fraction of sp³-hybridized carbons (Fsp3) is 0.625. The molecule has 2 unspecified atom stereocenters. The Labute approximate surface area is 120 Å². The van der Waals surface area contributed by atoms with Crippen molar-refractivity contribution in [2.45, 2.75) is 38.5 Å². The van der Waals surface area contributed by atoms with Crippen LogP contribution in [0.1, 0.15) is 24.0 Å². The van der Waals surface area contributed by atoms with E-state index in [9.17, 15) is 4.39 Å². The molecule has 0 saturated carbocycles. The molecule has 1 aromatic carbocycles. The fourth-order valence-corrected chi connectivity index (χ4v) is 3.21. The van der Waals surface area contributed by atoms with E-state index >= 15 is 0 Å². The first-order valence-corrected chi connectivity index (χ1v) is 7.54. The summed E-state index contributed by atoms with van der Waals surface area (Å²) in [5.74, 6) is -0.166. The highest BCUT2D eigenvalue weighted by Crippen LogP contribution is 2.22. The lowest BCUT2D eigenvalue weighted by Crippen LogP contribution is -2.49. The van der Waals surface area contributed by atoms with Crippen molar-refractivity contribution < 1.29 is 9.13 Å². The van der Waals surface area contributed by atoms with E-state index in [2.05, 4.69) is 10.2 Å². The van der Waals surface area contributed by atoms with Crippen molar-refractivity contribution in [2.75, 3.05) is 26.2 Å². The minimum absolute atomic E-state index is 0.166. The lowest BCUT2D eigenvalue weighted by molar-refractivity contribution is -0.0470. The van der Waals surface area contributed by atoms with Gasteiger partial charge in [0.25, 0.3) is 0 Å². The van der Waals surface area contributed by atoms with E-state index in [0.717, 1.165) is 30.8 Å². The topological polar surface area (TPSA) is 24.5 Å². The zero-order chi connectivity index (χ0) is 13.9. The number of rotatable bonds is 4. The molecule has 0 aliphatic carbocycles. The van der Waals surface area contributed by atoms with Gasteiger partial charge in [-0.05, 0) is 49.6 Å². The second-order valence-electron chi connectivity index (χ2n) is 5.95. The predicted octanol–water partition coefficient (Wildman–Crippen LogP) is 2.09. The van der Waals surface area contributed by atoms with Crippen LogP contribution < -0.4 is 5.32 Å². The number of nitrogens with zero attached hydrogens (tertiary/aromatic N) is 1. The van der Waals surface area contributed by atoms with E-state index < -0.39 is 0 Å². The maximum Gasteiger partial charge on any atom is 0.123 e. The summed E-state index contributed by atoms with van der Waals surface area (Å²) in [5, 5.41) is 3.40. The summed E-state index contributed by atoms with van der Waals surface area (Å²) >= 11 is 0. The molecule has 2 fully saturated rings. The van der Waals surface area contributed by atoms with E-state index in [0.29, 0.717) is 12.6 Å². The molecule has 0 amide bonds. The molecule has 3 nitrogen and oxygen atoms in total. The number of fused-ring (bicyclic) bond motifs is 1. The number of hydrogen-bond acceptors (Lipinski definition) is 3. The average Bonchev–Trinajstić information content (AvgIpc) is 2.90. The molecule has 2 heterocycles. The molecular weight excluding hydrogens is 255 g/mol. The Kier molecular flexibility index (Phi) is 4.34. The summed E-state index contributed by atoms with van der Waals surface area (Å²) in [5.41, 5.74) is 2.16. The van der Waals surface area contributed by atoms with Gasteiger partial charge in [-0.15, -0.1) is 0 Å². The van der Waals surface area contributed by atoms with Crippen LogP contribution in [0.25, 0.3) is 0 Å². The van der Waals surface area contributed by atoms with Crippen molar-refractivity contribution >= 4 is 0 Å². The normalized spacial score (nSPS) is 26.7. The largest absolute Gasteiger partial charge is 0.374 e. The van der Waals surface area contributed by atoms with Gasteiger partial charge in [-0.3, -0.25) is 4.90 Å². The molecule has 3 rings (SSSR count). The molecule has 0 bridgehead atoms. The summed E-state index contributed by atoms with van der Waals surface area (Å²) in [7, 11) is 0. The van der Waals surface area contributed by atoms with Crippen molar-refractivity contribution in [3.05, 3.63) is 35.1 Å². The minimum Gasteiger partial charge on any atom is -0.374 e. The van der Waals surface area contributed by atoms with Gasteiger partial charge in [0.15, 0.2) is 0 Å². The third-order valence-electron chi connectivity index (χ3n) is 4.46. The van der Waals surface area contributed by atoms with Crippen LogP contribution in [0.15, 0.2) is 18.2 Å². The zero-order valence-corrected chi connectivity index (χ0v) is 12.1. The van der Waals surface area contributed by atoms with Gasteiger partial charge in [0.2, 0.25) is 0 Å². The molecular formula is C16H23FN2O. The molecule has 2 aliphatic rings. The van der Waals surface area contributed by atoms with Gasteiger partial charge >= 0.3 is 0 Å². The highest BCUT2D eigenvalue weighted by molar-refractivity contribution is 5.26. The van der Waals surface area contributed by atoms with E-state index in [-0.39, 0.29) is 11.9 Å². The summed E-state index contributed by atoms with van der Waals surface area (Å²) in [4.78, 5) is 2.54. The molecule has 2 aliphatic heterocycles. The first-order chi connectivity index (χ1) is 9.72. The molecule has 1 N–H and O–H groups in total. The SMILES string of the molecule is Cc1ccc(F)cc1CNCC1CN2CCCC2CO1.